The Hall–Kier alpha value is -2.63. The van der Waals surface area contributed by atoms with Crippen LogP contribution in [-0.2, 0) is 6.42 Å². The number of anilines is 3. The highest BCUT2D eigenvalue weighted by Crippen LogP contribution is 2.31. The van der Waals surface area contributed by atoms with Gasteiger partial charge in [-0.3, -0.25) is 4.79 Å². The number of fused-ring (bicyclic) bond motifs is 1. The molecule has 7 heteroatoms. The van der Waals surface area contributed by atoms with Gasteiger partial charge in [0.2, 0.25) is 5.95 Å². The normalized spacial score (nSPS) is 13.2. The summed E-state index contributed by atoms with van der Waals surface area (Å²) in [6.45, 7) is 0.848. The van der Waals surface area contributed by atoms with Gasteiger partial charge < -0.3 is 10.2 Å². The fourth-order valence-corrected chi connectivity index (χ4v) is 3.44. The Bertz CT molecular complexity index is 992. The van der Waals surface area contributed by atoms with E-state index in [1.54, 1.807) is 18.2 Å². The van der Waals surface area contributed by atoms with Crippen LogP contribution in [0.1, 0.15) is 22.3 Å². The zero-order valence-corrected chi connectivity index (χ0v) is 15.8. The molecule has 1 N–H and O–H groups in total. The van der Waals surface area contributed by atoms with E-state index in [9.17, 15) is 4.79 Å². The van der Waals surface area contributed by atoms with Gasteiger partial charge in [0.1, 0.15) is 0 Å². The maximum Gasteiger partial charge on any atom is 0.258 e. The lowest BCUT2D eigenvalue weighted by Crippen LogP contribution is -2.26. The number of nitrogens with one attached hydrogen (secondary N) is 1. The Kier molecular flexibility index (Phi) is 4.97. The molecule has 0 unspecified atom stereocenters. The Morgan fingerprint density at radius 1 is 1.07 bits per heavy atom. The van der Waals surface area contributed by atoms with Crippen LogP contribution < -0.4 is 10.2 Å². The number of hydrogen-bond donors (Lipinski definition) is 1. The third kappa shape index (κ3) is 3.75. The molecule has 1 aromatic heterocycles. The molecule has 0 spiro atoms. The van der Waals surface area contributed by atoms with Crippen LogP contribution in [0.25, 0.3) is 0 Å². The molecule has 0 saturated carbocycles. The second-order valence-electron chi connectivity index (χ2n) is 6.23. The number of carbonyl (C=O) groups is 1. The zero-order valence-electron chi connectivity index (χ0n) is 14.3. The average molecular weight is 399 g/mol. The number of amides is 1. The molecule has 27 heavy (non-hydrogen) atoms. The number of halogens is 2. The van der Waals surface area contributed by atoms with Crippen LogP contribution in [0.4, 0.5) is 17.3 Å². The SMILES string of the molecule is O=C(Nc1cc(Cl)ccc1Cl)c1cnc(N2CCCc3ccccc32)nc1. The molecule has 0 radical (unpaired) electrons. The highest BCUT2D eigenvalue weighted by atomic mass is 35.5. The molecule has 2 heterocycles. The Balaban J connectivity index is 1.54. The number of benzene rings is 2. The summed E-state index contributed by atoms with van der Waals surface area (Å²) in [7, 11) is 0. The van der Waals surface area contributed by atoms with Gasteiger partial charge in [0.25, 0.3) is 5.91 Å². The summed E-state index contributed by atoms with van der Waals surface area (Å²) in [4.78, 5) is 23.3. The summed E-state index contributed by atoms with van der Waals surface area (Å²) in [5, 5.41) is 3.64. The first kappa shape index (κ1) is 17.8. The van der Waals surface area contributed by atoms with Crippen LogP contribution in [0.15, 0.2) is 54.9 Å². The van der Waals surface area contributed by atoms with Gasteiger partial charge in [0.05, 0.1) is 16.3 Å². The number of aryl methyl sites for hydroxylation is 1. The molecule has 136 valence electrons. The van der Waals surface area contributed by atoms with Gasteiger partial charge in [-0.1, -0.05) is 41.4 Å². The number of hydrogen-bond acceptors (Lipinski definition) is 4. The van der Waals surface area contributed by atoms with Crippen LogP contribution in [0.5, 0.6) is 0 Å². The van der Waals surface area contributed by atoms with Crippen LogP contribution in [0.2, 0.25) is 10.0 Å². The molecular weight excluding hydrogens is 383 g/mol. The minimum atomic E-state index is -0.343. The Morgan fingerprint density at radius 2 is 1.85 bits per heavy atom. The van der Waals surface area contributed by atoms with Crippen molar-refractivity contribution >= 4 is 46.4 Å². The number of rotatable bonds is 3. The first-order valence-corrected chi connectivity index (χ1v) is 9.31. The van der Waals surface area contributed by atoms with E-state index in [4.69, 9.17) is 23.2 Å². The van der Waals surface area contributed by atoms with Crippen molar-refractivity contribution in [2.45, 2.75) is 12.8 Å². The minimum Gasteiger partial charge on any atom is -0.320 e. The molecule has 0 bridgehead atoms. The molecular formula is C20H16Cl2N4O. The van der Waals surface area contributed by atoms with Crippen LogP contribution >= 0.6 is 23.2 Å². The molecule has 0 aliphatic carbocycles. The van der Waals surface area contributed by atoms with E-state index in [1.807, 2.05) is 12.1 Å². The Morgan fingerprint density at radius 3 is 2.67 bits per heavy atom. The van der Waals surface area contributed by atoms with Crippen LogP contribution in [0, 0.1) is 0 Å². The zero-order chi connectivity index (χ0) is 18.8. The molecule has 1 aliphatic rings. The maximum atomic E-state index is 12.5. The second kappa shape index (κ2) is 7.55. The number of aromatic nitrogens is 2. The molecule has 0 fully saturated rings. The summed E-state index contributed by atoms with van der Waals surface area (Å²) < 4.78 is 0. The summed E-state index contributed by atoms with van der Waals surface area (Å²) in [5.41, 5.74) is 3.19. The highest BCUT2D eigenvalue weighted by molar-refractivity contribution is 6.35. The third-order valence-corrected chi connectivity index (χ3v) is 4.99. The second-order valence-corrected chi connectivity index (χ2v) is 7.08. The standard InChI is InChI=1S/C20H16Cl2N4O/c21-15-7-8-16(22)17(10-15)25-19(27)14-11-23-20(24-12-14)26-9-3-5-13-4-1-2-6-18(13)26/h1-2,4,6-8,10-12H,3,5,9H2,(H,25,27). The van der Waals surface area contributed by atoms with E-state index < -0.39 is 0 Å². The van der Waals surface area contributed by atoms with E-state index in [1.165, 1.54) is 18.0 Å². The third-order valence-electron chi connectivity index (χ3n) is 4.43. The van der Waals surface area contributed by atoms with Crippen molar-refractivity contribution in [2.75, 3.05) is 16.8 Å². The first-order chi connectivity index (χ1) is 13.1. The van der Waals surface area contributed by atoms with Crippen molar-refractivity contribution in [1.29, 1.82) is 0 Å². The molecule has 1 amide bonds. The quantitative estimate of drug-likeness (QED) is 0.664. The van der Waals surface area contributed by atoms with Crippen molar-refractivity contribution in [2.24, 2.45) is 0 Å². The molecule has 5 nitrogen and oxygen atoms in total. The fraction of sp³-hybridized carbons (Fsp3) is 0.150. The van der Waals surface area contributed by atoms with E-state index in [-0.39, 0.29) is 5.91 Å². The van der Waals surface area contributed by atoms with Crippen molar-refractivity contribution in [3.05, 3.63) is 76.0 Å². The monoisotopic (exact) mass is 398 g/mol. The fourth-order valence-electron chi connectivity index (χ4n) is 3.11. The Labute approximate surface area is 167 Å². The largest absolute Gasteiger partial charge is 0.320 e. The van der Waals surface area contributed by atoms with Gasteiger partial charge in [-0.2, -0.15) is 0 Å². The molecule has 3 aromatic rings. The van der Waals surface area contributed by atoms with Gasteiger partial charge in [-0.25, -0.2) is 9.97 Å². The highest BCUT2D eigenvalue weighted by Gasteiger charge is 2.20. The van der Waals surface area contributed by atoms with Crippen molar-refractivity contribution < 1.29 is 4.79 Å². The maximum absolute atomic E-state index is 12.5. The molecule has 4 rings (SSSR count). The van der Waals surface area contributed by atoms with Crippen LogP contribution in [0.3, 0.4) is 0 Å². The van der Waals surface area contributed by atoms with E-state index in [2.05, 4.69) is 32.3 Å². The lowest BCUT2D eigenvalue weighted by atomic mass is 10.0. The molecule has 1 aliphatic heterocycles. The van der Waals surface area contributed by atoms with Gasteiger partial charge in [-0.05, 0) is 42.7 Å². The van der Waals surface area contributed by atoms with Crippen molar-refractivity contribution in [3.8, 4) is 0 Å². The van der Waals surface area contributed by atoms with Gasteiger partial charge >= 0.3 is 0 Å². The van der Waals surface area contributed by atoms with Crippen LogP contribution in [-0.4, -0.2) is 22.4 Å². The summed E-state index contributed by atoms with van der Waals surface area (Å²) in [5.74, 6) is 0.240. The van der Waals surface area contributed by atoms with Gasteiger partial charge in [0.15, 0.2) is 0 Å². The van der Waals surface area contributed by atoms with E-state index in [0.29, 0.717) is 27.2 Å². The number of para-hydroxylation sites is 1. The average Bonchev–Trinajstić information content (AvgIpc) is 2.70. The molecule has 0 saturated heterocycles. The summed E-state index contributed by atoms with van der Waals surface area (Å²) in [6, 6.07) is 13.1. The molecule has 0 atom stereocenters. The predicted molar refractivity (Wildman–Crippen MR) is 108 cm³/mol. The lowest BCUT2D eigenvalue weighted by molar-refractivity contribution is 0.102. The van der Waals surface area contributed by atoms with Gasteiger partial charge in [-0.15, -0.1) is 0 Å². The molecule has 2 aromatic carbocycles. The number of nitrogens with zero attached hydrogens (tertiary/aromatic N) is 3. The lowest BCUT2D eigenvalue weighted by Gasteiger charge is -2.29. The predicted octanol–water partition coefficient (Wildman–Crippen LogP) is 5.12. The van der Waals surface area contributed by atoms with Crippen molar-refractivity contribution in [3.63, 3.8) is 0 Å². The smallest absolute Gasteiger partial charge is 0.258 e. The minimum absolute atomic E-state index is 0.343. The van der Waals surface area contributed by atoms with E-state index in [0.717, 1.165) is 25.1 Å². The summed E-state index contributed by atoms with van der Waals surface area (Å²) >= 11 is 12.0. The topological polar surface area (TPSA) is 58.1 Å². The van der Waals surface area contributed by atoms with Gasteiger partial charge in [0, 0.05) is 29.6 Å². The number of carbonyl (C=O) groups excluding carboxylic acids is 1. The first-order valence-electron chi connectivity index (χ1n) is 8.56. The van der Waals surface area contributed by atoms with E-state index >= 15 is 0 Å². The summed E-state index contributed by atoms with van der Waals surface area (Å²) in [6.07, 6.45) is 5.13. The van der Waals surface area contributed by atoms with Crippen molar-refractivity contribution in [1.82, 2.24) is 9.97 Å².